The molecule has 1 aromatic carbocycles. The number of hydrogen-bond acceptors (Lipinski definition) is 0. The summed E-state index contributed by atoms with van der Waals surface area (Å²) >= 11 is 12.4. The highest BCUT2D eigenvalue weighted by molar-refractivity contribution is 6.30. The molecule has 0 saturated heterocycles. The first kappa shape index (κ1) is 10.8. The van der Waals surface area contributed by atoms with Gasteiger partial charge in [0, 0.05) is 5.02 Å². The molecule has 78 valence electrons. The maximum atomic E-state index is 6.48. The molecule has 0 saturated carbocycles. The summed E-state index contributed by atoms with van der Waals surface area (Å²) in [5, 5.41) is 0.767. The monoisotopic (exact) mass is 238 g/mol. The van der Waals surface area contributed by atoms with Crippen molar-refractivity contribution in [2.24, 2.45) is 0 Å². The highest BCUT2D eigenvalue weighted by Crippen LogP contribution is 2.30. The van der Waals surface area contributed by atoms with E-state index in [1.165, 1.54) is 5.56 Å². The Kier molecular flexibility index (Phi) is 3.18. The van der Waals surface area contributed by atoms with E-state index >= 15 is 0 Å². The van der Waals surface area contributed by atoms with Crippen molar-refractivity contribution < 1.29 is 0 Å². The Hall–Kier alpha value is -0.720. The molecule has 0 fully saturated rings. The van der Waals surface area contributed by atoms with Crippen LogP contribution in [0.1, 0.15) is 12.0 Å². The lowest BCUT2D eigenvalue weighted by Gasteiger charge is -2.23. The number of allylic oxidation sites excluding steroid dienone is 4. The smallest absolute Gasteiger partial charge is 0.0703 e. The Balaban J connectivity index is 2.15. The maximum Gasteiger partial charge on any atom is 0.0703 e. The zero-order valence-corrected chi connectivity index (χ0v) is 9.80. The first-order valence-corrected chi connectivity index (χ1v) is 5.71. The van der Waals surface area contributed by atoms with Crippen molar-refractivity contribution in [2.75, 3.05) is 0 Å². The fourth-order valence-electron chi connectivity index (χ4n) is 1.76. The topological polar surface area (TPSA) is 0 Å². The summed E-state index contributed by atoms with van der Waals surface area (Å²) in [7, 11) is 0. The second-order valence-corrected chi connectivity index (χ2v) is 5.02. The van der Waals surface area contributed by atoms with Crippen LogP contribution in [-0.2, 0) is 6.42 Å². The fraction of sp³-hybridized carbons (Fsp3) is 0.231. The molecule has 1 aliphatic rings. The van der Waals surface area contributed by atoms with Crippen LogP contribution in [0.25, 0.3) is 0 Å². The molecule has 0 amide bonds. The quantitative estimate of drug-likeness (QED) is 0.672. The van der Waals surface area contributed by atoms with E-state index in [1.54, 1.807) is 0 Å². The predicted molar refractivity (Wildman–Crippen MR) is 66.6 cm³/mol. The van der Waals surface area contributed by atoms with Gasteiger partial charge in [-0.3, -0.25) is 0 Å². The number of alkyl halides is 1. The number of rotatable bonds is 2. The first-order valence-electron chi connectivity index (χ1n) is 4.96. The van der Waals surface area contributed by atoms with E-state index in [4.69, 9.17) is 23.2 Å². The van der Waals surface area contributed by atoms with Crippen molar-refractivity contribution in [3.8, 4) is 0 Å². The number of benzene rings is 1. The van der Waals surface area contributed by atoms with E-state index < -0.39 is 0 Å². The van der Waals surface area contributed by atoms with Crippen molar-refractivity contribution >= 4 is 23.2 Å². The summed E-state index contributed by atoms with van der Waals surface area (Å²) in [6.45, 7) is 0. The summed E-state index contributed by atoms with van der Waals surface area (Å²) in [6.07, 6.45) is 9.86. The first-order chi connectivity index (χ1) is 7.18. The zero-order valence-electron chi connectivity index (χ0n) is 8.29. The van der Waals surface area contributed by atoms with E-state index in [2.05, 4.69) is 18.2 Å². The zero-order chi connectivity index (χ0) is 10.7. The van der Waals surface area contributed by atoms with Gasteiger partial charge in [0.15, 0.2) is 0 Å². The highest BCUT2D eigenvalue weighted by atomic mass is 35.5. The van der Waals surface area contributed by atoms with Gasteiger partial charge in [0.1, 0.15) is 0 Å². The molecule has 0 radical (unpaired) electrons. The Morgan fingerprint density at radius 3 is 2.80 bits per heavy atom. The average Bonchev–Trinajstić information content (AvgIpc) is 2.18. The lowest BCUT2D eigenvalue weighted by Crippen LogP contribution is -2.22. The Morgan fingerprint density at radius 2 is 2.13 bits per heavy atom. The third-order valence-corrected chi connectivity index (χ3v) is 3.14. The Bertz CT molecular complexity index is 407. The van der Waals surface area contributed by atoms with E-state index in [-0.39, 0.29) is 4.87 Å². The van der Waals surface area contributed by atoms with Gasteiger partial charge in [-0.1, -0.05) is 48.0 Å². The molecule has 0 bridgehead atoms. The SMILES string of the molecule is Clc1cccc(CC2(Cl)C=CC=CC2)c1. The van der Waals surface area contributed by atoms with Crippen molar-refractivity contribution in [2.45, 2.75) is 17.7 Å². The second kappa shape index (κ2) is 4.42. The highest BCUT2D eigenvalue weighted by Gasteiger charge is 2.24. The molecule has 2 rings (SSSR count). The van der Waals surface area contributed by atoms with Crippen LogP contribution < -0.4 is 0 Å². The minimum Gasteiger partial charge on any atom is -0.114 e. The van der Waals surface area contributed by atoms with Crippen molar-refractivity contribution in [1.82, 2.24) is 0 Å². The maximum absolute atomic E-state index is 6.48. The molecule has 1 aromatic rings. The molecule has 0 heterocycles. The van der Waals surface area contributed by atoms with Gasteiger partial charge >= 0.3 is 0 Å². The Labute approximate surface area is 100 Å². The molecule has 1 atom stereocenters. The standard InChI is InChI=1S/C13H12Cl2/c14-12-6-4-5-11(9-12)10-13(15)7-2-1-3-8-13/h1-7,9H,8,10H2. The molecule has 1 unspecified atom stereocenters. The summed E-state index contributed by atoms with van der Waals surface area (Å²) in [4.78, 5) is -0.278. The summed E-state index contributed by atoms with van der Waals surface area (Å²) < 4.78 is 0. The van der Waals surface area contributed by atoms with Crippen LogP contribution in [0.4, 0.5) is 0 Å². The summed E-state index contributed by atoms with van der Waals surface area (Å²) in [6, 6.07) is 7.86. The van der Waals surface area contributed by atoms with Crippen LogP contribution in [-0.4, -0.2) is 4.87 Å². The van der Waals surface area contributed by atoms with Gasteiger partial charge < -0.3 is 0 Å². The minimum absolute atomic E-state index is 0.278. The number of halogens is 2. The third kappa shape index (κ3) is 2.87. The largest absolute Gasteiger partial charge is 0.114 e. The van der Waals surface area contributed by atoms with Crippen LogP contribution in [0.2, 0.25) is 5.02 Å². The van der Waals surface area contributed by atoms with Crippen molar-refractivity contribution in [3.05, 3.63) is 59.2 Å². The minimum atomic E-state index is -0.278. The summed E-state index contributed by atoms with van der Waals surface area (Å²) in [5.74, 6) is 0. The second-order valence-electron chi connectivity index (χ2n) is 3.83. The van der Waals surface area contributed by atoms with Gasteiger partial charge in [0.05, 0.1) is 4.87 Å². The van der Waals surface area contributed by atoms with Crippen LogP contribution in [0.3, 0.4) is 0 Å². The molecule has 0 aromatic heterocycles. The van der Waals surface area contributed by atoms with Crippen molar-refractivity contribution in [3.63, 3.8) is 0 Å². The van der Waals surface area contributed by atoms with Crippen LogP contribution >= 0.6 is 23.2 Å². The van der Waals surface area contributed by atoms with Crippen LogP contribution in [0, 0.1) is 0 Å². The van der Waals surface area contributed by atoms with Gasteiger partial charge in [-0.05, 0) is 30.5 Å². The number of hydrogen-bond donors (Lipinski definition) is 0. The van der Waals surface area contributed by atoms with Gasteiger partial charge in [-0.15, -0.1) is 11.6 Å². The fourth-order valence-corrected chi connectivity index (χ4v) is 2.28. The lowest BCUT2D eigenvalue weighted by atomic mass is 9.92. The van der Waals surface area contributed by atoms with Gasteiger partial charge in [0.2, 0.25) is 0 Å². The lowest BCUT2D eigenvalue weighted by molar-refractivity contribution is 0.697. The predicted octanol–water partition coefficient (Wildman–Crippen LogP) is 4.38. The van der Waals surface area contributed by atoms with E-state index in [1.807, 2.05) is 30.4 Å². The van der Waals surface area contributed by atoms with Gasteiger partial charge in [0.25, 0.3) is 0 Å². The molecule has 15 heavy (non-hydrogen) atoms. The normalized spacial score (nSPS) is 24.4. The molecule has 0 N–H and O–H groups in total. The summed E-state index contributed by atoms with van der Waals surface area (Å²) in [5.41, 5.74) is 1.18. The van der Waals surface area contributed by atoms with Gasteiger partial charge in [-0.2, -0.15) is 0 Å². The van der Waals surface area contributed by atoms with Crippen molar-refractivity contribution in [1.29, 1.82) is 0 Å². The third-order valence-electron chi connectivity index (χ3n) is 2.49. The van der Waals surface area contributed by atoms with Crippen LogP contribution in [0.15, 0.2) is 48.6 Å². The van der Waals surface area contributed by atoms with E-state index in [9.17, 15) is 0 Å². The molecular weight excluding hydrogens is 227 g/mol. The molecule has 1 aliphatic carbocycles. The molecule has 0 nitrogen and oxygen atoms in total. The van der Waals surface area contributed by atoms with Crippen LogP contribution in [0.5, 0.6) is 0 Å². The molecular formula is C13H12Cl2. The van der Waals surface area contributed by atoms with Gasteiger partial charge in [-0.25, -0.2) is 0 Å². The Morgan fingerprint density at radius 1 is 1.27 bits per heavy atom. The van der Waals surface area contributed by atoms with E-state index in [0.717, 1.165) is 17.9 Å². The van der Waals surface area contributed by atoms with E-state index in [0.29, 0.717) is 0 Å². The molecule has 0 aliphatic heterocycles. The molecule has 0 spiro atoms. The average molecular weight is 239 g/mol. The molecule has 2 heteroatoms.